The molecule has 1 saturated heterocycles. The Morgan fingerprint density at radius 2 is 2.14 bits per heavy atom. The zero-order valence-corrected chi connectivity index (χ0v) is 14.1. The number of piperidine rings is 1. The summed E-state index contributed by atoms with van der Waals surface area (Å²) in [5, 5.41) is 0. The van der Waals surface area contributed by atoms with Crippen LogP contribution in [0.3, 0.4) is 0 Å². The van der Waals surface area contributed by atoms with E-state index in [1.54, 1.807) is 0 Å². The molecular formula is C14H22N2O5S. The van der Waals surface area contributed by atoms with Gasteiger partial charge in [-0.3, -0.25) is 0 Å². The number of methoxy groups -OCH3 is 1. The molecule has 0 saturated carbocycles. The summed E-state index contributed by atoms with van der Waals surface area (Å²) < 4.78 is 36.8. The van der Waals surface area contributed by atoms with E-state index in [1.807, 2.05) is 13.8 Å². The summed E-state index contributed by atoms with van der Waals surface area (Å²) in [6.07, 6.45) is 0.590. The second-order valence-corrected chi connectivity index (χ2v) is 8.15. The van der Waals surface area contributed by atoms with Gasteiger partial charge in [-0.1, -0.05) is 13.8 Å². The average molecular weight is 330 g/mol. The van der Waals surface area contributed by atoms with Crippen molar-refractivity contribution in [3.63, 3.8) is 0 Å². The molecule has 8 heteroatoms. The largest absolute Gasteiger partial charge is 0.463 e. The van der Waals surface area contributed by atoms with Gasteiger partial charge < -0.3 is 14.9 Å². The monoisotopic (exact) mass is 330 g/mol. The topological polar surface area (TPSA) is 103 Å². The van der Waals surface area contributed by atoms with Crippen LogP contribution in [0.2, 0.25) is 0 Å². The Balaban J connectivity index is 2.35. The van der Waals surface area contributed by atoms with Gasteiger partial charge in [0.15, 0.2) is 0 Å². The minimum atomic E-state index is -3.73. The van der Waals surface area contributed by atoms with Crippen molar-refractivity contribution >= 4 is 16.0 Å². The maximum Gasteiger partial charge on any atom is 0.373 e. The smallest absolute Gasteiger partial charge is 0.373 e. The van der Waals surface area contributed by atoms with Gasteiger partial charge in [-0.25, -0.2) is 13.2 Å². The fraction of sp³-hybridized carbons (Fsp3) is 0.643. The summed E-state index contributed by atoms with van der Waals surface area (Å²) >= 11 is 0. The Kier molecular flexibility index (Phi) is 4.38. The number of nitrogens with two attached hydrogens (primary N) is 1. The number of hydrogen-bond donors (Lipinski definition) is 1. The number of rotatable bonds is 3. The minimum Gasteiger partial charge on any atom is -0.463 e. The molecule has 1 aromatic heterocycles. The van der Waals surface area contributed by atoms with Crippen molar-refractivity contribution in [2.75, 3.05) is 20.2 Å². The van der Waals surface area contributed by atoms with Crippen molar-refractivity contribution in [3.05, 3.63) is 17.6 Å². The summed E-state index contributed by atoms with van der Waals surface area (Å²) in [5.41, 5.74) is 5.74. The Labute approximate surface area is 130 Å². The van der Waals surface area contributed by atoms with Gasteiger partial charge in [-0.05, 0) is 18.8 Å². The molecule has 0 amide bonds. The van der Waals surface area contributed by atoms with Crippen LogP contribution < -0.4 is 5.73 Å². The van der Waals surface area contributed by atoms with Crippen LogP contribution in [0, 0.1) is 12.3 Å². The highest BCUT2D eigenvalue weighted by Gasteiger charge is 2.40. The summed E-state index contributed by atoms with van der Waals surface area (Å²) in [6, 6.07) is 1.17. The second-order valence-electron chi connectivity index (χ2n) is 6.25. The normalized spacial score (nSPS) is 22.5. The maximum atomic E-state index is 12.8. The van der Waals surface area contributed by atoms with Crippen LogP contribution in [-0.4, -0.2) is 44.9 Å². The summed E-state index contributed by atoms with van der Waals surface area (Å²) in [7, 11) is -2.52. The molecule has 0 aliphatic carbocycles. The van der Waals surface area contributed by atoms with Crippen LogP contribution in [0.25, 0.3) is 0 Å². The lowest BCUT2D eigenvalue weighted by Gasteiger charge is -2.41. The van der Waals surface area contributed by atoms with E-state index < -0.39 is 16.0 Å². The van der Waals surface area contributed by atoms with Gasteiger partial charge in [0.05, 0.1) is 7.11 Å². The molecular weight excluding hydrogens is 308 g/mol. The number of nitrogens with zero attached hydrogens (tertiary/aromatic N) is 1. The number of carbonyl (C=O) groups is 1. The fourth-order valence-electron chi connectivity index (χ4n) is 2.59. The minimum absolute atomic E-state index is 0.000767. The lowest BCUT2D eigenvalue weighted by Crippen LogP contribution is -2.53. The van der Waals surface area contributed by atoms with E-state index in [0.717, 1.165) is 0 Å². The molecule has 2 N–H and O–H groups in total. The Morgan fingerprint density at radius 1 is 1.50 bits per heavy atom. The standard InChI is InChI=1S/C14H22N2O5S/c1-9-11(7-10(21-9)13(17)20-4)22(18,19)16-6-5-12(15)14(2,3)8-16/h7,12H,5-6,8,15H2,1-4H3. The molecule has 124 valence electrons. The van der Waals surface area contributed by atoms with Crippen LogP contribution in [0.15, 0.2) is 15.4 Å². The first-order chi connectivity index (χ1) is 10.1. The van der Waals surface area contributed by atoms with Crippen molar-refractivity contribution in [1.29, 1.82) is 0 Å². The van der Waals surface area contributed by atoms with Gasteiger partial charge in [0.2, 0.25) is 15.8 Å². The first-order valence-corrected chi connectivity index (χ1v) is 8.48. The molecule has 22 heavy (non-hydrogen) atoms. The third-order valence-corrected chi connectivity index (χ3v) is 6.11. The van der Waals surface area contributed by atoms with Crippen molar-refractivity contribution in [1.82, 2.24) is 4.31 Å². The Morgan fingerprint density at radius 3 is 2.68 bits per heavy atom. The van der Waals surface area contributed by atoms with Gasteiger partial charge in [0.25, 0.3) is 0 Å². The van der Waals surface area contributed by atoms with E-state index in [4.69, 9.17) is 10.2 Å². The average Bonchev–Trinajstić information content (AvgIpc) is 2.83. The maximum absolute atomic E-state index is 12.8. The lowest BCUT2D eigenvalue weighted by molar-refractivity contribution is 0.0563. The quantitative estimate of drug-likeness (QED) is 0.833. The highest BCUT2D eigenvalue weighted by Crippen LogP contribution is 2.32. The van der Waals surface area contributed by atoms with Gasteiger partial charge in [-0.15, -0.1) is 0 Å². The van der Waals surface area contributed by atoms with Gasteiger partial charge in [-0.2, -0.15) is 4.31 Å². The fourth-order valence-corrected chi connectivity index (χ4v) is 4.38. The molecule has 2 rings (SSSR count). The van der Waals surface area contributed by atoms with Crippen molar-refractivity contribution in [2.45, 2.75) is 38.1 Å². The first-order valence-electron chi connectivity index (χ1n) is 7.04. The van der Waals surface area contributed by atoms with Crippen molar-refractivity contribution in [2.24, 2.45) is 11.1 Å². The summed E-state index contributed by atoms with van der Waals surface area (Å²) in [6.45, 7) is 6.09. The van der Waals surface area contributed by atoms with Crippen LogP contribution in [0.1, 0.15) is 36.6 Å². The second kappa shape index (κ2) is 5.68. The third-order valence-electron chi connectivity index (χ3n) is 4.15. The van der Waals surface area contributed by atoms with Gasteiger partial charge in [0, 0.05) is 25.2 Å². The molecule has 0 radical (unpaired) electrons. The zero-order valence-electron chi connectivity index (χ0n) is 13.3. The predicted molar refractivity (Wildman–Crippen MR) is 79.9 cm³/mol. The number of hydrogen-bond acceptors (Lipinski definition) is 6. The molecule has 1 unspecified atom stereocenters. The molecule has 1 aliphatic rings. The van der Waals surface area contributed by atoms with Gasteiger partial charge >= 0.3 is 5.97 Å². The van der Waals surface area contributed by atoms with E-state index in [9.17, 15) is 13.2 Å². The number of furan rings is 1. The van der Waals surface area contributed by atoms with E-state index in [0.29, 0.717) is 19.5 Å². The Bertz CT molecular complexity index is 677. The summed E-state index contributed by atoms with van der Waals surface area (Å²) in [4.78, 5) is 11.5. The molecule has 1 aliphatic heterocycles. The molecule has 0 aromatic carbocycles. The number of aryl methyl sites for hydroxylation is 1. The zero-order chi connectivity index (χ0) is 16.7. The highest BCUT2D eigenvalue weighted by molar-refractivity contribution is 7.89. The number of ether oxygens (including phenoxy) is 1. The third kappa shape index (κ3) is 2.90. The van der Waals surface area contributed by atoms with Crippen LogP contribution >= 0.6 is 0 Å². The van der Waals surface area contributed by atoms with E-state index in [1.165, 1.54) is 24.4 Å². The van der Waals surface area contributed by atoms with Gasteiger partial charge in [0.1, 0.15) is 10.7 Å². The predicted octanol–water partition coefficient (Wildman–Crippen LogP) is 1.12. The van der Waals surface area contributed by atoms with Crippen molar-refractivity contribution < 1.29 is 22.4 Å². The molecule has 1 atom stereocenters. The van der Waals surface area contributed by atoms with E-state index in [-0.39, 0.29) is 27.9 Å². The number of esters is 1. The van der Waals surface area contributed by atoms with Crippen LogP contribution in [0.5, 0.6) is 0 Å². The van der Waals surface area contributed by atoms with Crippen LogP contribution in [-0.2, 0) is 14.8 Å². The molecule has 1 aromatic rings. The molecule has 1 fully saturated rings. The SMILES string of the molecule is COC(=O)c1cc(S(=O)(=O)N2CCC(N)C(C)(C)C2)c(C)o1. The summed E-state index contributed by atoms with van der Waals surface area (Å²) in [5.74, 6) is -0.648. The van der Waals surface area contributed by atoms with Crippen LogP contribution in [0.4, 0.5) is 0 Å². The molecule has 0 spiro atoms. The molecule has 7 nitrogen and oxygen atoms in total. The number of carbonyl (C=O) groups excluding carboxylic acids is 1. The first kappa shape index (κ1) is 17.0. The highest BCUT2D eigenvalue weighted by atomic mass is 32.2. The Hall–Kier alpha value is -1.38. The molecule has 0 bridgehead atoms. The van der Waals surface area contributed by atoms with E-state index >= 15 is 0 Å². The molecule has 2 heterocycles. The van der Waals surface area contributed by atoms with Crippen molar-refractivity contribution in [3.8, 4) is 0 Å². The number of sulfonamides is 1. The lowest BCUT2D eigenvalue weighted by atomic mass is 9.81. The van der Waals surface area contributed by atoms with E-state index in [2.05, 4.69) is 4.74 Å².